The molecule has 2 aromatic rings. The van der Waals surface area contributed by atoms with E-state index in [0.29, 0.717) is 11.8 Å². The van der Waals surface area contributed by atoms with Crippen LogP contribution in [0.1, 0.15) is 49.8 Å². The zero-order valence-electron chi connectivity index (χ0n) is 12.7. The van der Waals surface area contributed by atoms with Crippen LogP contribution >= 0.6 is 0 Å². The topological polar surface area (TPSA) is 41.9 Å². The molecule has 110 valence electrons. The van der Waals surface area contributed by atoms with Crippen molar-refractivity contribution in [3.05, 3.63) is 48.2 Å². The van der Waals surface area contributed by atoms with Gasteiger partial charge in [0, 0.05) is 43.2 Å². The van der Waals surface area contributed by atoms with Gasteiger partial charge in [0.05, 0.1) is 0 Å². The quantitative estimate of drug-likeness (QED) is 0.865. The summed E-state index contributed by atoms with van der Waals surface area (Å²) < 4.78 is 0. The van der Waals surface area contributed by atoms with E-state index in [0.717, 1.165) is 24.6 Å². The van der Waals surface area contributed by atoms with E-state index in [4.69, 9.17) is 0 Å². The van der Waals surface area contributed by atoms with Gasteiger partial charge in [-0.25, -0.2) is 9.97 Å². The van der Waals surface area contributed by atoms with E-state index < -0.39 is 0 Å². The molecule has 2 aromatic heterocycles. The van der Waals surface area contributed by atoms with Crippen LogP contribution in [0.5, 0.6) is 0 Å². The summed E-state index contributed by atoms with van der Waals surface area (Å²) >= 11 is 0. The third kappa shape index (κ3) is 3.20. The van der Waals surface area contributed by atoms with Crippen LogP contribution in [0.4, 0.5) is 5.82 Å². The van der Waals surface area contributed by atoms with Gasteiger partial charge >= 0.3 is 0 Å². The molecule has 3 rings (SSSR count). The summed E-state index contributed by atoms with van der Waals surface area (Å²) in [4.78, 5) is 15.5. The Morgan fingerprint density at radius 1 is 1.29 bits per heavy atom. The Morgan fingerprint density at radius 2 is 2.19 bits per heavy atom. The van der Waals surface area contributed by atoms with Gasteiger partial charge in [-0.15, -0.1) is 0 Å². The average Bonchev–Trinajstić information content (AvgIpc) is 2.56. The molecule has 1 aliphatic rings. The standard InChI is InChI=1S/C17H22N4/c1-13(2)16-9-17(20-12-19-16)21-8-4-6-15(11-21)14-5-3-7-18-10-14/h3,5,7,9-10,12-13,15H,4,6,8,11H2,1-2H3. The number of hydrogen-bond donors (Lipinski definition) is 0. The van der Waals surface area contributed by atoms with Crippen molar-refractivity contribution in [1.82, 2.24) is 15.0 Å². The first-order chi connectivity index (χ1) is 10.2. The minimum Gasteiger partial charge on any atom is -0.356 e. The second-order valence-corrected chi connectivity index (χ2v) is 6.03. The molecule has 0 bridgehead atoms. The minimum atomic E-state index is 0.436. The highest BCUT2D eigenvalue weighted by Gasteiger charge is 2.22. The van der Waals surface area contributed by atoms with Crippen LogP contribution in [0, 0.1) is 0 Å². The predicted octanol–water partition coefficient (Wildman–Crippen LogP) is 3.38. The van der Waals surface area contributed by atoms with E-state index in [2.05, 4.69) is 45.8 Å². The van der Waals surface area contributed by atoms with Gasteiger partial charge in [-0.2, -0.15) is 0 Å². The number of hydrogen-bond acceptors (Lipinski definition) is 4. The molecule has 1 unspecified atom stereocenters. The number of nitrogens with zero attached hydrogens (tertiary/aromatic N) is 4. The third-order valence-electron chi connectivity index (χ3n) is 4.17. The summed E-state index contributed by atoms with van der Waals surface area (Å²) in [6.45, 7) is 6.42. The molecule has 1 aliphatic heterocycles. The van der Waals surface area contributed by atoms with Gasteiger partial charge in [-0.05, 0) is 30.4 Å². The molecule has 4 heteroatoms. The predicted molar refractivity (Wildman–Crippen MR) is 84.5 cm³/mol. The lowest BCUT2D eigenvalue weighted by Gasteiger charge is -2.33. The van der Waals surface area contributed by atoms with Crippen molar-refractivity contribution >= 4 is 5.82 Å². The molecule has 0 amide bonds. The van der Waals surface area contributed by atoms with E-state index in [1.807, 2.05) is 18.5 Å². The third-order valence-corrected chi connectivity index (χ3v) is 4.17. The van der Waals surface area contributed by atoms with Crippen LogP contribution in [0.2, 0.25) is 0 Å². The van der Waals surface area contributed by atoms with Crippen molar-refractivity contribution in [3.8, 4) is 0 Å². The summed E-state index contributed by atoms with van der Waals surface area (Å²) in [6.07, 6.45) is 7.94. The summed E-state index contributed by atoms with van der Waals surface area (Å²) in [5, 5.41) is 0. The lowest BCUT2D eigenvalue weighted by atomic mass is 9.92. The Kier molecular flexibility index (Phi) is 4.13. The van der Waals surface area contributed by atoms with Crippen LogP contribution in [-0.2, 0) is 0 Å². The van der Waals surface area contributed by atoms with E-state index in [1.54, 1.807) is 6.33 Å². The number of pyridine rings is 1. The second-order valence-electron chi connectivity index (χ2n) is 6.03. The van der Waals surface area contributed by atoms with Crippen LogP contribution in [0.3, 0.4) is 0 Å². The highest BCUT2D eigenvalue weighted by Crippen LogP contribution is 2.29. The van der Waals surface area contributed by atoms with Gasteiger partial charge in [0.2, 0.25) is 0 Å². The van der Waals surface area contributed by atoms with E-state index >= 15 is 0 Å². The summed E-state index contributed by atoms with van der Waals surface area (Å²) in [7, 11) is 0. The Morgan fingerprint density at radius 3 is 2.95 bits per heavy atom. The maximum Gasteiger partial charge on any atom is 0.132 e. The molecule has 0 radical (unpaired) electrons. The molecule has 4 nitrogen and oxygen atoms in total. The molecule has 21 heavy (non-hydrogen) atoms. The molecule has 0 aliphatic carbocycles. The van der Waals surface area contributed by atoms with Gasteiger partial charge < -0.3 is 4.90 Å². The van der Waals surface area contributed by atoms with Gasteiger partial charge in [-0.3, -0.25) is 4.98 Å². The van der Waals surface area contributed by atoms with Gasteiger partial charge in [0.25, 0.3) is 0 Å². The van der Waals surface area contributed by atoms with Crippen molar-refractivity contribution in [3.63, 3.8) is 0 Å². The monoisotopic (exact) mass is 282 g/mol. The van der Waals surface area contributed by atoms with Crippen molar-refractivity contribution in [1.29, 1.82) is 0 Å². The zero-order valence-corrected chi connectivity index (χ0v) is 12.7. The van der Waals surface area contributed by atoms with Crippen LogP contribution < -0.4 is 4.90 Å². The number of anilines is 1. The zero-order chi connectivity index (χ0) is 14.7. The maximum atomic E-state index is 4.47. The normalized spacial score (nSPS) is 19.0. The van der Waals surface area contributed by atoms with E-state index in [1.165, 1.54) is 18.4 Å². The molecule has 0 saturated carbocycles. The lowest BCUT2D eigenvalue weighted by Crippen LogP contribution is -2.35. The van der Waals surface area contributed by atoms with Gasteiger partial charge in [-0.1, -0.05) is 19.9 Å². The maximum absolute atomic E-state index is 4.47. The summed E-state index contributed by atoms with van der Waals surface area (Å²) in [5.41, 5.74) is 2.45. The molecule has 1 fully saturated rings. The van der Waals surface area contributed by atoms with Crippen molar-refractivity contribution in [2.24, 2.45) is 0 Å². The van der Waals surface area contributed by atoms with Crippen LogP contribution in [0.25, 0.3) is 0 Å². The number of aromatic nitrogens is 3. The molecule has 3 heterocycles. The van der Waals surface area contributed by atoms with E-state index in [-0.39, 0.29) is 0 Å². The fraction of sp³-hybridized carbons (Fsp3) is 0.471. The smallest absolute Gasteiger partial charge is 0.132 e. The Balaban J connectivity index is 1.78. The summed E-state index contributed by atoms with van der Waals surface area (Å²) in [5.74, 6) is 2.04. The Hall–Kier alpha value is -1.97. The first-order valence-electron chi connectivity index (χ1n) is 7.71. The van der Waals surface area contributed by atoms with Gasteiger partial charge in [0.15, 0.2) is 0 Å². The largest absolute Gasteiger partial charge is 0.356 e. The van der Waals surface area contributed by atoms with Crippen molar-refractivity contribution in [2.45, 2.75) is 38.5 Å². The number of rotatable bonds is 3. The van der Waals surface area contributed by atoms with Crippen molar-refractivity contribution in [2.75, 3.05) is 18.0 Å². The molecular weight excluding hydrogens is 260 g/mol. The van der Waals surface area contributed by atoms with Crippen molar-refractivity contribution < 1.29 is 0 Å². The summed E-state index contributed by atoms with van der Waals surface area (Å²) in [6, 6.07) is 6.34. The van der Waals surface area contributed by atoms with Crippen LogP contribution in [0.15, 0.2) is 36.9 Å². The van der Waals surface area contributed by atoms with Crippen LogP contribution in [-0.4, -0.2) is 28.0 Å². The first kappa shape index (κ1) is 14.0. The minimum absolute atomic E-state index is 0.436. The molecule has 1 saturated heterocycles. The lowest BCUT2D eigenvalue weighted by molar-refractivity contribution is 0.505. The Labute approximate surface area is 126 Å². The average molecular weight is 282 g/mol. The molecule has 0 N–H and O–H groups in total. The first-order valence-corrected chi connectivity index (χ1v) is 7.71. The molecule has 0 aromatic carbocycles. The molecular formula is C17H22N4. The molecule has 0 spiro atoms. The highest BCUT2D eigenvalue weighted by atomic mass is 15.2. The number of piperidine rings is 1. The Bertz CT molecular complexity index is 582. The SMILES string of the molecule is CC(C)c1cc(N2CCCC(c3cccnc3)C2)ncn1. The fourth-order valence-electron chi connectivity index (χ4n) is 2.92. The molecule has 1 atom stereocenters. The highest BCUT2D eigenvalue weighted by molar-refractivity contribution is 5.41. The van der Waals surface area contributed by atoms with Gasteiger partial charge in [0.1, 0.15) is 12.1 Å². The fourth-order valence-corrected chi connectivity index (χ4v) is 2.92. The second kappa shape index (κ2) is 6.20. The van der Waals surface area contributed by atoms with E-state index in [9.17, 15) is 0 Å².